The van der Waals surface area contributed by atoms with Crippen molar-refractivity contribution in [2.75, 3.05) is 11.5 Å². The standard InChI is InChI=1S/C7H11ClN6O/c1-2(9)12-7(15)3-5(10)14-6(11)4(8)13-3/h2H,9H2,1H3,(H,12,15)(H4,10,11,14). The van der Waals surface area contributed by atoms with Crippen LogP contribution in [0.25, 0.3) is 0 Å². The molecule has 0 fully saturated rings. The van der Waals surface area contributed by atoms with Gasteiger partial charge in [0.2, 0.25) is 0 Å². The Morgan fingerprint density at radius 1 is 1.40 bits per heavy atom. The maximum Gasteiger partial charge on any atom is 0.274 e. The largest absolute Gasteiger partial charge is 0.382 e. The van der Waals surface area contributed by atoms with Gasteiger partial charge < -0.3 is 22.5 Å². The van der Waals surface area contributed by atoms with E-state index in [-0.39, 0.29) is 22.5 Å². The van der Waals surface area contributed by atoms with E-state index >= 15 is 0 Å². The minimum atomic E-state index is -0.545. The molecule has 15 heavy (non-hydrogen) atoms. The lowest BCUT2D eigenvalue weighted by Crippen LogP contribution is -2.39. The molecule has 0 aliphatic carbocycles. The van der Waals surface area contributed by atoms with Crippen molar-refractivity contribution in [2.45, 2.75) is 13.1 Å². The fraction of sp³-hybridized carbons (Fsp3) is 0.286. The van der Waals surface area contributed by atoms with Crippen molar-refractivity contribution in [1.29, 1.82) is 0 Å². The molecule has 1 unspecified atom stereocenters. The zero-order chi connectivity index (χ0) is 11.6. The Bertz CT molecular complexity index is 393. The van der Waals surface area contributed by atoms with E-state index in [0.29, 0.717) is 0 Å². The minimum absolute atomic E-state index is 0.0217. The summed E-state index contributed by atoms with van der Waals surface area (Å²) in [5.41, 5.74) is 16.1. The summed E-state index contributed by atoms with van der Waals surface area (Å²) in [5, 5.41) is 2.33. The van der Waals surface area contributed by atoms with Crippen molar-refractivity contribution in [3.8, 4) is 0 Å². The van der Waals surface area contributed by atoms with Gasteiger partial charge in [-0.15, -0.1) is 0 Å². The van der Waals surface area contributed by atoms with Crippen LogP contribution in [0.3, 0.4) is 0 Å². The molecule has 1 aromatic heterocycles. The molecule has 7 nitrogen and oxygen atoms in total. The number of aromatic nitrogens is 2. The molecule has 0 aliphatic rings. The Morgan fingerprint density at radius 2 is 2.00 bits per heavy atom. The first kappa shape index (κ1) is 11.5. The summed E-state index contributed by atoms with van der Waals surface area (Å²) in [7, 11) is 0. The number of nitrogen functional groups attached to an aromatic ring is 2. The van der Waals surface area contributed by atoms with Crippen LogP contribution in [0, 0.1) is 0 Å². The molecule has 0 saturated carbocycles. The van der Waals surface area contributed by atoms with Gasteiger partial charge in [0.25, 0.3) is 5.91 Å². The third kappa shape index (κ3) is 2.67. The van der Waals surface area contributed by atoms with Gasteiger partial charge in [-0.25, -0.2) is 9.97 Å². The second-order valence-corrected chi connectivity index (χ2v) is 3.25. The van der Waals surface area contributed by atoms with Crippen molar-refractivity contribution in [3.63, 3.8) is 0 Å². The minimum Gasteiger partial charge on any atom is -0.382 e. The number of anilines is 2. The maximum atomic E-state index is 11.5. The quantitative estimate of drug-likeness (QED) is 0.498. The van der Waals surface area contributed by atoms with E-state index in [1.54, 1.807) is 6.92 Å². The van der Waals surface area contributed by atoms with Gasteiger partial charge in [0.05, 0.1) is 6.17 Å². The number of hydrogen-bond donors (Lipinski definition) is 4. The predicted molar refractivity (Wildman–Crippen MR) is 57.0 cm³/mol. The van der Waals surface area contributed by atoms with E-state index in [0.717, 1.165) is 0 Å². The van der Waals surface area contributed by atoms with Crippen LogP contribution in [0.2, 0.25) is 5.15 Å². The molecule has 1 aromatic rings. The number of nitrogens with one attached hydrogen (secondary N) is 1. The predicted octanol–water partition coefficient (Wildman–Crippen LogP) is -0.671. The van der Waals surface area contributed by atoms with Gasteiger partial charge in [0.1, 0.15) is 0 Å². The fourth-order valence-corrected chi connectivity index (χ4v) is 1.01. The maximum absolute atomic E-state index is 11.5. The van der Waals surface area contributed by atoms with Gasteiger partial charge in [-0.05, 0) is 6.92 Å². The molecule has 8 heteroatoms. The van der Waals surface area contributed by atoms with Crippen LogP contribution in [0.1, 0.15) is 17.4 Å². The Labute approximate surface area is 91.0 Å². The lowest BCUT2D eigenvalue weighted by atomic mass is 10.3. The summed E-state index contributed by atoms with van der Waals surface area (Å²) < 4.78 is 0. The van der Waals surface area contributed by atoms with Crippen LogP contribution < -0.4 is 22.5 Å². The fourth-order valence-electron chi connectivity index (χ4n) is 0.884. The highest BCUT2D eigenvalue weighted by molar-refractivity contribution is 6.31. The molecule has 0 aliphatic heterocycles. The Balaban J connectivity index is 3.04. The SMILES string of the molecule is CC(N)NC(=O)c1nc(Cl)c(N)nc1N. The molecular formula is C7H11ClN6O. The van der Waals surface area contributed by atoms with Crippen LogP contribution in [-0.2, 0) is 0 Å². The molecule has 1 heterocycles. The molecule has 0 spiro atoms. The topological polar surface area (TPSA) is 133 Å². The van der Waals surface area contributed by atoms with Gasteiger partial charge in [0, 0.05) is 0 Å². The second kappa shape index (κ2) is 4.28. The van der Waals surface area contributed by atoms with Gasteiger partial charge in [-0.2, -0.15) is 0 Å². The average Bonchev–Trinajstić information content (AvgIpc) is 2.09. The van der Waals surface area contributed by atoms with Crippen molar-refractivity contribution in [2.24, 2.45) is 5.73 Å². The second-order valence-electron chi connectivity index (χ2n) is 2.90. The highest BCUT2D eigenvalue weighted by Crippen LogP contribution is 2.17. The van der Waals surface area contributed by atoms with E-state index < -0.39 is 12.1 Å². The molecular weight excluding hydrogens is 220 g/mol. The third-order valence-corrected chi connectivity index (χ3v) is 1.76. The summed E-state index contributed by atoms with van der Waals surface area (Å²) in [6, 6.07) is 0. The Hall–Kier alpha value is -1.60. The monoisotopic (exact) mass is 230 g/mol. The first-order valence-corrected chi connectivity index (χ1v) is 4.44. The number of rotatable bonds is 2. The molecule has 7 N–H and O–H groups in total. The van der Waals surface area contributed by atoms with Crippen molar-refractivity contribution in [3.05, 3.63) is 10.8 Å². The Kier molecular flexibility index (Phi) is 3.28. The molecule has 82 valence electrons. The van der Waals surface area contributed by atoms with Crippen molar-refractivity contribution in [1.82, 2.24) is 15.3 Å². The van der Waals surface area contributed by atoms with Crippen LogP contribution in [-0.4, -0.2) is 22.0 Å². The molecule has 0 bridgehead atoms. The van der Waals surface area contributed by atoms with E-state index in [2.05, 4.69) is 15.3 Å². The first-order valence-electron chi connectivity index (χ1n) is 4.06. The van der Waals surface area contributed by atoms with E-state index in [9.17, 15) is 4.79 Å². The van der Waals surface area contributed by atoms with Crippen molar-refractivity contribution < 1.29 is 4.79 Å². The lowest BCUT2D eigenvalue weighted by molar-refractivity contribution is 0.0937. The summed E-state index contributed by atoms with van der Waals surface area (Å²) >= 11 is 5.60. The number of carbonyl (C=O) groups is 1. The van der Waals surface area contributed by atoms with E-state index in [4.69, 9.17) is 28.8 Å². The average molecular weight is 231 g/mol. The van der Waals surface area contributed by atoms with Crippen LogP contribution >= 0.6 is 11.6 Å². The van der Waals surface area contributed by atoms with Crippen molar-refractivity contribution >= 4 is 29.1 Å². The smallest absolute Gasteiger partial charge is 0.274 e. The Morgan fingerprint density at radius 3 is 2.53 bits per heavy atom. The summed E-state index contributed by atoms with van der Waals surface area (Å²) in [6.45, 7) is 1.60. The number of carbonyl (C=O) groups excluding carboxylic acids is 1. The molecule has 1 atom stereocenters. The normalized spacial score (nSPS) is 12.2. The number of amides is 1. The zero-order valence-corrected chi connectivity index (χ0v) is 8.75. The van der Waals surface area contributed by atoms with Gasteiger partial charge >= 0.3 is 0 Å². The summed E-state index contributed by atoms with van der Waals surface area (Å²) in [4.78, 5) is 18.8. The summed E-state index contributed by atoms with van der Waals surface area (Å²) in [6.07, 6.45) is -0.518. The van der Waals surface area contributed by atoms with Crippen LogP contribution in [0.5, 0.6) is 0 Å². The van der Waals surface area contributed by atoms with Gasteiger partial charge in [-0.1, -0.05) is 11.6 Å². The highest BCUT2D eigenvalue weighted by atomic mass is 35.5. The van der Waals surface area contributed by atoms with Gasteiger partial charge in [0.15, 0.2) is 22.5 Å². The first-order chi connectivity index (χ1) is 6.91. The van der Waals surface area contributed by atoms with E-state index in [1.165, 1.54) is 0 Å². The number of halogens is 1. The van der Waals surface area contributed by atoms with Crippen LogP contribution in [0.4, 0.5) is 11.6 Å². The lowest BCUT2D eigenvalue weighted by Gasteiger charge is -2.09. The van der Waals surface area contributed by atoms with Gasteiger partial charge in [-0.3, -0.25) is 4.79 Å². The molecule has 1 amide bonds. The molecule has 1 rings (SSSR count). The zero-order valence-electron chi connectivity index (χ0n) is 7.99. The number of nitrogens with zero attached hydrogens (tertiary/aromatic N) is 2. The number of nitrogens with two attached hydrogens (primary N) is 3. The number of hydrogen-bond acceptors (Lipinski definition) is 6. The van der Waals surface area contributed by atoms with Crippen LogP contribution in [0.15, 0.2) is 0 Å². The molecule has 0 aromatic carbocycles. The summed E-state index contributed by atoms with van der Waals surface area (Å²) in [5.74, 6) is -0.654. The molecule has 0 radical (unpaired) electrons. The van der Waals surface area contributed by atoms with E-state index in [1.807, 2.05) is 0 Å². The third-order valence-electron chi connectivity index (χ3n) is 1.48. The molecule has 0 saturated heterocycles. The highest BCUT2D eigenvalue weighted by Gasteiger charge is 2.16.